The van der Waals surface area contributed by atoms with Gasteiger partial charge >= 0.3 is 6.18 Å². The highest BCUT2D eigenvalue weighted by atomic mass is 19.4. The number of alkyl halides is 3. The molecule has 1 saturated heterocycles. The van der Waals surface area contributed by atoms with Crippen LogP contribution >= 0.6 is 0 Å². The molecule has 0 radical (unpaired) electrons. The van der Waals surface area contributed by atoms with Crippen molar-refractivity contribution in [1.82, 2.24) is 24.3 Å². The molecule has 0 bridgehead atoms. The summed E-state index contributed by atoms with van der Waals surface area (Å²) in [6.45, 7) is 3.75. The summed E-state index contributed by atoms with van der Waals surface area (Å²) in [6.07, 6.45) is -0.480. The van der Waals surface area contributed by atoms with Gasteiger partial charge in [-0.05, 0) is 44.9 Å². The van der Waals surface area contributed by atoms with Crippen molar-refractivity contribution in [3.63, 3.8) is 0 Å². The van der Waals surface area contributed by atoms with Crippen molar-refractivity contribution < 1.29 is 22.7 Å². The molecule has 1 fully saturated rings. The molecule has 6 rings (SSSR count). The summed E-state index contributed by atoms with van der Waals surface area (Å²) in [5.41, 5.74) is 7.84. The van der Waals surface area contributed by atoms with Gasteiger partial charge in [0.15, 0.2) is 0 Å². The van der Waals surface area contributed by atoms with Gasteiger partial charge in [-0.25, -0.2) is 15.0 Å². The van der Waals surface area contributed by atoms with E-state index < -0.39 is 23.9 Å². The number of nitrogens with two attached hydrogens (primary N) is 1. The summed E-state index contributed by atoms with van der Waals surface area (Å²) in [5, 5.41) is 0. The normalized spacial score (nSPS) is 21.7. The molecule has 0 aliphatic carbocycles. The quantitative estimate of drug-likeness (QED) is 0.434. The Bertz CT molecular complexity index is 1510. The summed E-state index contributed by atoms with van der Waals surface area (Å²) in [4.78, 5) is 28.5. The van der Waals surface area contributed by atoms with Gasteiger partial charge in [0, 0.05) is 11.6 Å². The number of imidazole rings is 1. The maximum Gasteiger partial charge on any atom is 0.416 e. The number of fused-ring (bicyclic) bond motifs is 6. The van der Waals surface area contributed by atoms with E-state index >= 15 is 0 Å². The molecular weight excluding hydrogens is 461 g/mol. The number of amides is 1. The lowest BCUT2D eigenvalue weighted by Gasteiger charge is -2.41. The number of ether oxygens (including phenoxy) is 1. The van der Waals surface area contributed by atoms with E-state index in [1.165, 1.54) is 12.3 Å². The molecule has 5 heterocycles. The van der Waals surface area contributed by atoms with Crippen molar-refractivity contribution in [1.29, 1.82) is 0 Å². The van der Waals surface area contributed by atoms with Gasteiger partial charge in [-0.2, -0.15) is 13.2 Å². The molecule has 0 saturated carbocycles. The second-order valence-corrected chi connectivity index (χ2v) is 9.07. The van der Waals surface area contributed by atoms with E-state index in [0.717, 1.165) is 12.1 Å². The van der Waals surface area contributed by atoms with Crippen LogP contribution in [-0.4, -0.2) is 42.3 Å². The van der Waals surface area contributed by atoms with Gasteiger partial charge in [0.05, 0.1) is 29.5 Å². The topological polar surface area (TPSA) is 98.6 Å². The van der Waals surface area contributed by atoms with Crippen LogP contribution < -0.4 is 10.5 Å². The summed E-state index contributed by atoms with van der Waals surface area (Å²) in [6, 6.07) is 4.48. The van der Waals surface area contributed by atoms with E-state index in [9.17, 15) is 18.0 Å². The van der Waals surface area contributed by atoms with Gasteiger partial charge < -0.3 is 15.4 Å². The molecule has 1 amide bonds. The first-order valence-electron chi connectivity index (χ1n) is 11.2. The average Bonchev–Trinajstić information content (AvgIpc) is 3.39. The van der Waals surface area contributed by atoms with Gasteiger partial charge in [0.1, 0.15) is 40.2 Å². The Morgan fingerprint density at radius 2 is 1.94 bits per heavy atom. The van der Waals surface area contributed by atoms with Crippen molar-refractivity contribution in [3.8, 4) is 5.75 Å². The fourth-order valence-corrected chi connectivity index (χ4v) is 5.24. The molecular formula is C24H21F3N6O2. The Morgan fingerprint density at radius 3 is 2.71 bits per heavy atom. The number of aryl methyl sites for hydroxylation is 1. The molecule has 180 valence electrons. The first kappa shape index (κ1) is 21.6. The molecule has 1 aromatic carbocycles. The zero-order valence-corrected chi connectivity index (χ0v) is 18.9. The van der Waals surface area contributed by atoms with E-state index in [1.54, 1.807) is 17.2 Å². The lowest BCUT2D eigenvalue weighted by atomic mass is 9.90. The maximum absolute atomic E-state index is 13.8. The molecule has 3 atom stereocenters. The van der Waals surface area contributed by atoms with Gasteiger partial charge in [-0.3, -0.25) is 9.20 Å². The Hall–Kier alpha value is -3.89. The van der Waals surface area contributed by atoms with Crippen LogP contribution in [0, 0.1) is 6.92 Å². The number of carbonyl (C=O) groups is 1. The van der Waals surface area contributed by atoms with Gasteiger partial charge in [0.25, 0.3) is 5.91 Å². The number of anilines is 1. The lowest BCUT2D eigenvalue weighted by molar-refractivity contribution is -0.137. The zero-order valence-electron chi connectivity index (χ0n) is 18.9. The number of nitrogen functional groups attached to an aromatic ring is 1. The summed E-state index contributed by atoms with van der Waals surface area (Å²) >= 11 is 0. The minimum absolute atomic E-state index is 0.155. The SMILES string of the molecule is Cc1ncc2c(N)nc3cnc(C(=O)N4[C@H](C)CCC5Oc6cc(C(F)(F)F)ccc6[C@@H]54)cc3n12. The molecule has 4 aromatic rings. The highest BCUT2D eigenvalue weighted by Gasteiger charge is 2.47. The van der Waals surface area contributed by atoms with E-state index in [2.05, 4.69) is 15.0 Å². The molecule has 0 spiro atoms. The smallest absolute Gasteiger partial charge is 0.416 e. The fraction of sp³-hybridized carbons (Fsp3) is 0.333. The van der Waals surface area contributed by atoms with E-state index in [4.69, 9.17) is 10.5 Å². The zero-order chi connectivity index (χ0) is 24.6. The van der Waals surface area contributed by atoms with Crippen molar-refractivity contribution in [3.05, 3.63) is 59.3 Å². The molecule has 2 aliphatic heterocycles. The molecule has 8 nitrogen and oxygen atoms in total. The number of halogens is 3. The number of aromatic nitrogens is 4. The van der Waals surface area contributed by atoms with Crippen LogP contribution in [0.3, 0.4) is 0 Å². The van der Waals surface area contributed by atoms with Crippen LogP contribution in [-0.2, 0) is 6.18 Å². The van der Waals surface area contributed by atoms with Gasteiger partial charge in [-0.1, -0.05) is 6.07 Å². The Morgan fingerprint density at radius 1 is 1.14 bits per heavy atom. The Balaban J connectivity index is 1.44. The maximum atomic E-state index is 13.8. The number of piperidine rings is 1. The van der Waals surface area contributed by atoms with Crippen LogP contribution in [0.2, 0.25) is 0 Å². The number of rotatable bonds is 1. The number of likely N-dealkylation sites (tertiary alicyclic amines) is 1. The average molecular weight is 482 g/mol. The number of pyridine rings is 1. The van der Waals surface area contributed by atoms with Crippen molar-refractivity contribution in [2.45, 2.75) is 51.1 Å². The lowest BCUT2D eigenvalue weighted by Crippen LogP contribution is -2.49. The number of benzene rings is 1. The summed E-state index contributed by atoms with van der Waals surface area (Å²) in [7, 11) is 0. The highest BCUT2D eigenvalue weighted by Crippen LogP contribution is 2.48. The molecule has 35 heavy (non-hydrogen) atoms. The number of carbonyl (C=O) groups excluding carboxylic acids is 1. The molecule has 2 aliphatic rings. The van der Waals surface area contributed by atoms with Crippen LogP contribution in [0.1, 0.15) is 53.2 Å². The third-order valence-corrected chi connectivity index (χ3v) is 6.93. The third-order valence-electron chi connectivity index (χ3n) is 6.93. The van der Waals surface area contributed by atoms with Crippen LogP contribution in [0.4, 0.5) is 19.0 Å². The van der Waals surface area contributed by atoms with Crippen molar-refractivity contribution in [2.75, 3.05) is 5.73 Å². The summed E-state index contributed by atoms with van der Waals surface area (Å²) < 4.78 is 47.4. The van der Waals surface area contributed by atoms with Gasteiger partial charge in [-0.15, -0.1) is 0 Å². The standard InChI is InChI=1S/C24H21F3N6O2/c1-11-3-6-19-21(14-5-4-13(24(25,26)27)7-20(14)35-19)32(11)23(34)15-8-17-16(9-30-15)31-22(28)18-10-29-12(2)33(17)18/h4-5,7-11,19,21H,3,6H2,1-2H3,(H2,28,31)/t11-,19?,21+/m1/s1. The van der Waals surface area contributed by atoms with Crippen LogP contribution in [0.15, 0.2) is 36.7 Å². The van der Waals surface area contributed by atoms with E-state index in [1.807, 2.05) is 18.2 Å². The fourth-order valence-electron chi connectivity index (χ4n) is 5.24. The second-order valence-electron chi connectivity index (χ2n) is 9.07. The number of hydrogen-bond acceptors (Lipinski definition) is 6. The Labute approximate surface area is 197 Å². The van der Waals surface area contributed by atoms with Gasteiger partial charge in [0.2, 0.25) is 0 Å². The first-order chi connectivity index (χ1) is 16.6. The first-order valence-corrected chi connectivity index (χ1v) is 11.2. The van der Waals surface area contributed by atoms with Crippen molar-refractivity contribution >= 4 is 28.3 Å². The predicted molar refractivity (Wildman–Crippen MR) is 121 cm³/mol. The molecule has 1 unspecified atom stereocenters. The third kappa shape index (κ3) is 3.21. The second kappa shape index (κ2) is 7.30. The summed E-state index contributed by atoms with van der Waals surface area (Å²) in [5.74, 6) is 0.843. The van der Waals surface area contributed by atoms with E-state index in [0.29, 0.717) is 46.6 Å². The molecule has 2 N–H and O–H groups in total. The molecule has 11 heteroatoms. The monoisotopic (exact) mass is 482 g/mol. The highest BCUT2D eigenvalue weighted by molar-refractivity contribution is 5.96. The number of nitrogens with zero attached hydrogens (tertiary/aromatic N) is 5. The van der Waals surface area contributed by atoms with Crippen LogP contribution in [0.5, 0.6) is 5.75 Å². The molecule has 3 aromatic heterocycles. The Kier molecular flexibility index (Phi) is 4.51. The minimum atomic E-state index is -4.47. The van der Waals surface area contributed by atoms with E-state index in [-0.39, 0.29) is 23.4 Å². The largest absolute Gasteiger partial charge is 0.488 e. The van der Waals surface area contributed by atoms with Crippen molar-refractivity contribution in [2.24, 2.45) is 0 Å². The predicted octanol–water partition coefficient (Wildman–Crippen LogP) is 4.31. The van der Waals surface area contributed by atoms with Crippen LogP contribution in [0.25, 0.3) is 16.6 Å². The number of hydrogen-bond donors (Lipinski definition) is 1. The minimum Gasteiger partial charge on any atom is -0.488 e.